The van der Waals surface area contributed by atoms with Gasteiger partial charge in [-0.1, -0.05) is 48.0 Å². The molecule has 138 valence electrons. The van der Waals surface area contributed by atoms with Crippen LogP contribution in [0.5, 0.6) is 5.75 Å². The van der Waals surface area contributed by atoms with Gasteiger partial charge in [0.15, 0.2) is 0 Å². The summed E-state index contributed by atoms with van der Waals surface area (Å²) in [5, 5.41) is 0. The minimum absolute atomic E-state index is 0.0838. The van der Waals surface area contributed by atoms with Crippen LogP contribution in [0.3, 0.4) is 0 Å². The van der Waals surface area contributed by atoms with E-state index in [9.17, 15) is 4.79 Å². The van der Waals surface area contributed by atoms with Crippen molar-refractivity contribution in [3.05, 3.63) is 65.2 Å². The van der Waals surface area contributed by atoms with Gasteiger partial charge in [0.2, 0.25) is 5.91 Å². The summed E-state index contributed by atoms with van der Waals surface area (Å²) in [7, 11) is 1.82. The summed E-state index contributed by atoms with van der Waals surface area (Å²) in [6, 6.07) is 16.3. The highest BCUT2D eigenvalue weighted by molar-refractivity contribution is 5.82. The van der Waals surface area contributed by atoms with Crippen molar-refractivity contribution in [2.45, 2.75) is 32.4 Å². The average Bonchev–Trinajstić information content (AvgIpc) is 3.13. The van der Waals surface area contributed by atoms with Crippen LogP contribution in [0, 0.1) is 13.8 Å². The third-order valence-electron chi connectivity index (χ3n) is 4.84. The van der Waals surface area contributed by atoms with E-state index in [1.54, 1.807) is 4.90 Å². The number of para-hydroxylation sites is 1. The molecule has 1 aliphatic heterocycles. The molecule has 0 spiro atoms. The molecule has 5 heteroatoms. The van der Waals surface area contributed by atoms with Crippen molar-refractivity contribution in [1.82, 2.24) is 15.8 Å². The van der Waals surface area contributed by atoms with E-state index in [4.69, 9.17) is 4.74 Å². The second-order valence-electron chi connectivity index (χ2n) is 6.91. The van der Waals surface area contributed by atoms with Gasteiger partial charge in [0, 0.05) is 13.1 Å². The van der Waals surface area contributed by atoms with Crippen molar-refractivity contribution in [1.29, 1.82) is 0 Å². The fraction of sp³-hybridized carbons (Fsp3) is 0.381. The molecule has 2 aromatic carbocycles. The Morgan fingerprint density at radius 3 is 2.58 bits per heavy atom. The van der Waals surface area contributed by atoms with Crippen molar-refractivity contribution >= 4 is 5.91 Å². The van der Waals surface area contributed by atoms with Crippen molar-refractivity contribution < 1.29 is 9.53 Å². The summed E-state index contributed by atoms with van der Waals surface area (Å²) >= 11 is 0. The molecule has 1 fully saturated rings. The molecule has 1 amide bonds. The van der Waals surface area contributed by atoms with E-state index in [0.29, 0.717) is 13.2 Å². The Morgan fingerprint density at radius 1 is 1.12 bits per heavy atom. The molecule has 3 rings (SSSR count). The van der Waals surface area contributed by atoms with Crippen LogP contribution in [-0.2, 0) is 4.79 Å². The van der Waals surface area contributed by atoms with Crippen molar-refractivity contribution in [2.75, 3.05) is 20.2 Å². The van der Waals surface area contributed by atoms with Crippen molar-refractivity contribution in [3.8, 4) is 5.75 Å². The largest absolute Gasteiger partial charge is 0.491 e. The number of carbonyl (C=O) groups is 1. The molecule has 1 aliphatic rings. The fourth-order valence-electron chi connectivity index (χ4n) is 3.12. The zero-order valence-electron chi connectivity index (χ0n) is 15.7. The highest BCUT2D eigenvalue weighted by Gasteiger charge is 2.31. The normalized spacial score (nSPS) is 19.3. The van der Waals surface area contributed by atoms with Gasteiger partial charge >= 0.3 is 0 Å². The molecular weight excluding hydrogens is 326 g/mol. The van der Waals surface area contributed by atoms with Gasteiger partial charge in [0.05, 0.1) is 6.54 Å². The van der Waals surface area contributed by atoms with Gasteiger partial charge in [0.1, 0.15) is 18.4 Å². The molecule has 2 atom stereocenters. The maximum atomic E-state index is 12.7. The van der Waals surface area contributed by atoms with Gasteiger partial charge < -0.3 is 9.64 Å². The van der Waals surface area contributed by atoms with Crippen LogP contribution in [0.15, 0.2) is 48.5 Å². The molecule has 0 aliphatic carbocycles. The van der Waals surface area contributed by atoms with Crippen LogP contribution >= 0.6 is 0 Å². The number of nitrogens with zero attached hydrogens (tertiary/aromatic N) is 1. The Labute approximate surface area is 155 Å². The minimum Gasteiger partial charge on any atom is -0.491 e. The second kappa shape index (κ2) is 8.34. The lowest BCUT2D eigenvalue weighted by Crippen LogP contribution is -2.45. The second-order valence-corrected chi connectivity index (χ2v) is 6.91. The van der Waals surface area contributed by atoms with Gasteiger partial charge in [-0.15, -0.1) is 0 Å². The zero-order chi connectivity index (χ0) is 18.5. The molecular formula is C21H27N3O2. The Hall–Kier alpha value is -2.37. The van der Waals surface area contributed by atoms with Gasteiger partial charge in [-0.2, -0.15) is 0 Å². The number of amides is 1. The van der Waals surface area contributed by atoms with Crippen LogP contribution in [0.4, 0.5) is 0 Å². The third kappa shape index (κ3) is 4.42. The first-order chi connectivity index (χ1) is 12.5. The molecule has 2 aromatic rings. The summed E-state index contributed by atoms with van der Waals surface area (Å²) < 4.78 is 5.79. The number of hydrazine groups is 1. The smallest absolute Gasteiger partial charge is 0.240 e. The molecule has 1 heterocycles. The van der Waals surface area contributed by atoms with E-state index in [2.05, 4.69) is 42.0 Å². The number of aryl methyl sites for hydroxylation is 2. The standard InChI is InChI=1S/C21H27N3O2/c1-15-8-10-17(11-9-15)18-14-19(23-22-18)21(25)24(3)12-13-26-20-7-5-4-6-16(20)2/h4-11,18-19,22-23H,12-14H2,1-3H3. The summed E-state index contributed by atoms with van der Waals surface area (Å²) in [4.78, 5) is 14.4. The maximum Gasteiger partial charge on any atom is 0.240 e. The van der Waals surface area contributed by atoms with Crippen LogP contribution < -0.4 is 15.6 Å². The van der Waals surface area contributed by atoms with Crippen LogP contribution in [-0.4, -0.2) is 37.0 Å². The molecule has 0 aromatic heterocycles. The Bertz CT molecular complexity index is 745. The number of rotatable bonds is 6. The van der Waals surface area contributed by atoms with E-state index in [0.717, 1.165) is 17.7 Å². The van der Waals surface area contributed by atoms with E-state index in [1.807, 2.05) is 38.2 Å². The van der Waals surface area contributed by atoms with E-state index in [1.165, 1.54) is 11.1 Å². The van der Waals surface area contributed by atoms with Crippen LogP contribution in [0.2, 0.25) is 0 Å². The highest BCUT2D eigenvalue weighted by Crippen LogP contribution is 2.23. The summed E-state index contributed by atoms with van der Waals surface area (Å²) in [5.41, 5.74) is 9.91. The van der Waals surface area contributed by atoms with Gasteiger partial charge in [-0.05, 0) is 37.5 Å². The van der Waals surface area contributed by atoms with Crippen LogP contribution in [0.1, 0.15) is 29.2 Å². The molecule has 1 saturated heterocycles. The van der Waals surface area contributed by atoms with E-state index < -0.39 is 0 Å². The van der Waals surface area contributed by atoms with Gasteiger partial charge in [-0.25, -0.2) is 10.9 Å². The first-order valence-electron chi connectivity index (χ1n) is 9.05. The molecule has 26 heavy (non-hydrogen) atoms. The minimum atomic E-state index is -0.218. The topological polar surface area (TPSA) is 53.6 Å². The number of likely N-dealkylation sites (N-methyl/N-ethyl adjacent to an activating group) is 1. The molecule has 0 radical (unpaired) electrons. The van der Waals surface area contributed by atoms with Gasteiger partial charge in [0.25, 0.3) is 0 Å². The predicted molar refractivity (Wildman–Crippen MR) is 103 cm³/mol. The molecule has 0 saturated carbocycles. The lowest BCUT2D eigenvalue weighted by Gasteiger charge is -2.21. The zero-order valence-corrected chi connectivity index (χ0v) is 15.7. The molecule has 0 bridgehead atoms. The Balaban J connectivity index is 1.48. The van der Waals surface area contributed by atoms with Crippen molar-refractivity contribution in [2.24, 2.45) is 0 Å². The lowest BCUT2D eigenvalue weighted by molar-refractivity contribution is -0.132. The first kappa shape index (κ1) is 18.4. The van der Waals surface area contributed by atoms with Crippen molar-refractivity contribution in [3.63, 3.8) is 0 Å². The summed E-state index contributed by atoms with van der Waals surface area (Å²) in [6.45, 7) is 5.13. The van der Waals surface area contributed by atoms with E-state index >= 15 is 0 Å². The summed E-state index contributed by atoms with van der Waals surface area (Å²) in [5.74, 6) is 0.953. The fourth-order valence-corrected chi connectivity index (χ4v) is 3.12. The number of ether oxygens (including phenoxy) is 1. The number of benzene rings is 2. The molecule has 2 unspecified atom stereocenters. The molecule has 2 N–H and O–H groups in total. The number of carbonyl (C=O) groups excluding carboxylic acids is 1. The lowest BCUT2D eigenvalue weighted by atomic mass is 10.0. The van der Waals surface area contributed by atoms with Gasteiger partial charge in [-0.3, -0.25) is 4.79 Å². The Morgan fingerprint density at radius 2 is 1.85 bits per heavy atom. The predicted octanol–water partition coefficient (Wildman–Crippen LogP) is 2.75. The number of hydrogen-bond acceptors (Lipinski definition) is 4. The quantitative estimate of drug-likeness (QED) is 0.838. The monoisotopic (exact) mass is 353 g/mol. The highest BCUT2D eigenvalue weighted by atomic mass is 16.5. The van der Waals surface area contributed by atoms with E-state index in [-0.39, 0.29) is 18.0 Å². The average molecular weight is 353 g/mol. The first-order valence-corrected chi connectivity index (χ1v) is 9.05. The number of nitrogens with one attached hydrogen (secondary N) is 2. The number of hydrogen-bond donors (Lipinski definition) is 2. The maximum absolute atomic E-state index is 12.7. The molecule has 5 nitrogen and oxygen atoms in total. The van der Waals surface area contributed by atoms with Crippen LogP contribution in [0.25, 0.3) is 0 Å². The third-order valence-corrected chi connectivity index (χ3v) is 4.84. The Kier molecular flexibility index (Phi) is 5.91. The SMILES string of the molecule is Cc1ccc(C2CC(C(=O)N(C)CCOc3ccccc3C)NN2)cc1. The summed E-state index contributed by atoms with van der Waals surface area (Å²) in [6.07, 6.45) is 0.741.